The first-order chi connectivity index (χ1) is 10.1. The second-order valence-corrected chi connectivity index (χ2v) is 4.52. The van der Waals surface area contributed by atoms with Gasteiger partial charge in [0.1, 0.15) is 5.75 Å². The highest BCUT2D eigenvalue weighted by molar-refractivity contribution is 5.45. The molecular weight excluding hydrogens is 260 g/mol. The standard InChI is InChI=1S/C15H18O.C4H10O/c1-4-7-12-10-13(8-5-2)15(16)14(11-12)9-6-3;1-3-5-4-2/h4-6,10-11,16H,1-3,7-9H2;3-4H2,1-2H3. The van der Waals surface area contributed by atoms with E-state index in [1.54, 1.807) is 12.2 Å². The van der Waals surface area contributed by atoms with Gasteiger partial charge in [0.05, 0.1) is 0 Å². The van der Waals surface area contributed by atoms with Crippen LogP contribution in [0.2, 0.25) is 0 Å². The number of phenols is 1. The molecule has 0 atom stereocenters. The number of ether oxygens (including phenoxy) is 1. The van der Waals surface area contributed by atoms with Crippen LogP contribution in [0, 0.1) is 0 Å². The maximum atomic E-state index is 10.0. The van der Waals surface area contributed by atoms with Gasteiger partial charge in [-0.3, -0.25) is 0 Å². The van der Waals surface area contributed by atoms with Crippen molar-refractivity contribution < 1.29 is 9.84 Å². The summed E-state index contributed by atoms with van der Waals surface area (Å²) < 4.78 is 4.83. The lowest BCUT2D eigenvalue weighted by atomic mass is 9.98. The highest BCUT2D eigenvalue weighted by atomic mass is 16.5. The zero-order chi connectivity index (χ0) is 16.1. The molecule has 21 heavy (non-hydrogen) atoms. The number of aromatic hydroxyl groups is 1. The number of rotatable bonds is 8. The zero-order valence-electron chi connectivity index (χ0n) is 13.4. The van der Waals surface area contributed by atoms with E-state index in [-0.39, 0.29) is 0 Å². The van der Waals surface area contributed by atoms with Crippen LogP contribution in [0.5, 0.6) is 5.75 Å². The Labute approximate surface area is 129 Å². The first-order valence-electron chi connectivity index (χ1n) is 7.38. The summed E-state index contributed by atoms with van der Waals surface area (Å²) in [5, 5.41) is 10.0. The monoisotopic (exact) mass is 288 g/mol. The predicted molar refractivity (Wildman–Crippen MR) is 92.0 cm³/mol. The molecule has 0 aliphatic rings. The number of phenolic OH excluding ortho intramolecular Hbond substituents is 1. The molecule has 0 spiro atoms. The van der Waals surface area contributed by atoms with E-state index in [1.807, 2.05) is 32.1 Å². The minimum atomic E-state index is 0.368. The summed E-state index contributed by atoms with van der Waals surface area (Å²) in [6.07, 6.45) is 7.63. The summed E-state index contributed by atoms with van der Waals surface area (Å²) in [6.45, 7) is 16.8. The van der Waals surface area contributed by atoms with Crippen molar-refractivity contribution in [3.63, 3.8) is 0 Å². The normalized spacial score (nSPS) is 9.43. The van der Waals surface area contributed by atoms with Crippen LogP contribution in [0.3, 0.4) is 0 Å². The molecule has 0 saturated heterocycles. The Morgan fingerprint density at radius 1 is 0.905 bits per heavy atom. The molecule has 1 N–H and O–H groups in total. The zero-order valence-corrected chi connectivity index (χ0v) is 13.4. The Bertz CT molecular complexity index is 414. The second kappa shape index (κ2) is 12.0. The largest absolute Gasteiger partial charge is 0.507 e. The molecule has 0 fully saturated rings. The van der Waals surface area contributed by atoms with Crippen molar-refractivity contribution in [3.05, 3.63) is 66.8 Å². The minimum Gasteiger partial charge on any atom is -0.507 e. The molecule has 0 amide bonds. The first kappa shape index (κ1) is 19.2. The van der Waals surface area contributed by atoms with Gasteiger partial charge < -0.3 is 9.84 Å². The van der Waals surface area contributed by atoms with Gasteiger partial charge in [-0.1, -0.05) is 30.4 Å². The van der Waals surface area contributed by atoms with E-state index < -0.39 is 0 Å². The molecule has 0 saturated carbocycles. The molecule has 0 aromatic heterocycles. The highest BCUT2D eigenvalue weighted by Gasteiger charge is 2.07. The van der Waals surface area contributed by atoms with Crippen molar-refractivity contribution in [1.29, 1.82) is 0 Å². The van der Waals surface area contributed by atoms with Gasteiger partial charge in [-0.25, -0.2) is 0 Å². The molecule has 0 aliphatic carbocycles. The lowest BCUT2D eigenvalue weighted by Gasteiger charge is -2.10. The Balaban J connectivity index is 0.000000690. The summed E-state index contributed by atoms with van der Waals surface area (Å²) >= 11 is 0. The molecule has 0 unspecified atom stereocenters. The Morgan fingerprint density at radius 3 is 1.62 bits per heavy atom. The number of hydrogen-bond acceptors (Lipinski definition) is 2. The fourth-order valence-electron chi connectivity index (χ4n) is 1.94. The van der Waals surface area contributed by atoms with Crippen LogP contribution in [0.25, 0.3) is 0 Å². The van der Waals surface area contributed by atoms with E-state index >= 15 is 0 Å². The van der Waals surface area contributed by atoms with Crippen molar-refractivity contribution in [2.24, 2.45) is 0 Å². The van der Waals surface area contributed by atoms with Crippen molar-refractivity contribution in [3.8, 4) is 5.75 Å². The lowest BCUT2D eigenvalue weighted by molar-refractivity contribution is 0.162. The third-order valence-electron chi connectivity index (χ3n) is 2.84. The molecule has 1 aromatic carbocycles. The van der Waals surface area contributed by atoms with E-state index in [4.69, 9.17) is 4.74 Å². The van der Waals surface area contributed by atoms with E-state index in [9.17, 15) is 5.11 Å². The van der Waals surface area contributed by atoms with Crippen molar-refractivity contribution in [2.75, 3.05) is 13.2 Å². The smallest absolute Gasteiger partial charge is 0.122 e. The van der Waals surface area contributed by atoms with Crippen LogP contribution >= 0.6 is 0 Å². The topological polar surface area (TPSA) is 29.5 Å². The first-order valence-corrected chi connectivity index (χ1v) is 7.38. The second-order valence-electron chi connectivity index (χ2n) is 4.52. The summed E-state index contributed by atoms with van der Waals surface area (Å²) in [5.41, 5.74) is 3.01. The molecule has 0 heterocycles. The maximum absolute atomic E-state index is 10.0. The Hall–Kier alpha value is -1.80. The fraction of sp³-hybridized carbons (Fsp3) is 0.368. The molecule has 0 aliphatic heterocycles. The van der Waals surface area contributed by atoms with Crippen LogP contribution in [-0.4, -0.2) is 18.3 Å². The SMILES string of the molecule is C=CCc1cc(CC=C)c(O)c(CC=C)c1.CCOCC. The average Bonchev–Trinajstić information content (AvgIpc) is 2.46. The molecule has 2 nitrogen and oxygen atoms in total. The van der Waals surface area contributed by atoms with Crippen LogP contribution in [0.4, 0.5) is 0 Å². The van der Waals surface area contributed by atoms with Crippen LogP contribution in [0.1, 0.15) is 30.5 Å². The van der Waals surface area contributed by atoms with Gasteiger partial charge in [-0.15, -0.1) is 19.7 Å². The van der Waals surface area contributed by atoms with Crippen molar-refractivity contribution in [2.45, 2.75) is 33.1 Å². The van der Waals surface area contributed by atoms with E-state index in [2.05, 4.69) is 19.7 Å². The summed E-state index contributed by atoms with van der Waals surface area (Å²) in [5.74, 6) is 0.368. The van der Waals surface area contributed by atoms with Crippen LogP contribution in [0.15, 0.2) is 50.1 Å². The Kier molecular flexibility index (Phi) is 11.0. The summed E-state index contributed by atoms with van der Waals surface area (Å²) in [6, 6.07) is 4.01. The highest BCUT2D eigenvalue weighted by Crippen LogP contribution is 2.26. The average molecular weight is 288 g/mol. The molecule has 2 heteroatoms. The summed E-state index contributed by atoms with van der Waals surface area (Å²) in [4.78, 5) is 0. The minimum absolute atomic E-state index is 0.368. The van der Waals surface area contributed by atoms with Gasteiger partial charge in [0, 0.05) is 13.2 Å². The van der Waals surface area contributed by atoms with Gasteiger partial charge >= 0.3 is 0 Å². The van der Waals surface area contributed by atoms with Crippen LogP contribution in [-0.2, 0) is 24.0 Å². The lowest BCUT2D eigenvalue weighted by Crippen LogP contribution is -1.93. The maximum Gasteiger partial charge on any atom is 0.122 e. The van der Waals surface area contributed by atoms with E-state index in [0.29, 0.717) is 18.6 Å². The van der Waals surface area contributed by atoms with E-state index in [1.165, 1.54) is 5.56 Å². The van der Waals surface area contributed by atoms with Crippen LogP contribution < -0.4 is 0 Å². The molecule has 1 aromatic rings. The van der Waals surface area contributed by atoms with Gasteiger partial charge in [0.25, 0.3) is 0 Å². The van der Waals surface area contributed by atoms with Gasteiger partial charge in [0.15, 0.2) is 0 Å². The third kappa shape index (κ3) is 7.52. The van der Waals surface area contributed by atoms with Crippen molar-refractivity contribution >= 4 is 0 Å². The fourth-order valence-corrected chi connectivity index (χ4v) is 1.94. The Morgan fingerprint density at radius 2 is 1.33 bits per heavy atom. The van der Waals surface area contributed by atoms with Gasteiger partial charge in [-0.05, 0) is 49.8 Å². The number of hydrogen-bond donors (Lipinski definition) is 1. The van der Waals surface area contributed by atoms with Crippen molar-refractivity contribution in [1.82, 2.24) is 0 Å². The number of benzene rings is 1. The molecule has 116 valence electrons. The van der Waals surface area contributed by atoms with Gasteiger partial charge in [0.2, 0.25) is 0 Å². The third-order valence-corrected chi connectivity index (χ3v) is 2.84. The van der Waals surface area contributed by atoms with Gasteiger partial charge in [-0.2, -0.15) is 0 Å². The quantitative estimate of drug-likeness (QED) is 0.707. The predicted octanol–water partition coefficient (Wildman–Crippen LogP) is 4.62. The molecular formula is C19H28O2. The molecule has 0 bridgehead atoms. The molecule has 1 rings (SSSR count). The molecule has 0 radical (unpaired) electrons. The van der Waals surface area contributed by atoms with E-state index in [0.717, 1.165) is 30.8 Å². The summed E-state index contributed by atoms with van der Waals surface area (Å²) in [7, 11) is 0. The number of allylic oxidation sites excluding steroid dienone is 3.